The summed E-state index contributed by atoms with van der Waals surface area (Å²) in [5.41, 5.74) is 8.06. The fraction of sp³-hybridized carbons (Fsp3) is 0.467. The Labute approximate surface area is 113 Å². The summed E-state index contributed by atoms with van der Waals surface area (Å²) in [6.07, 6.45) is 4.62. The van der Waals surface area contributed by atoms with Gasteiger partial charge in [-0.25, -0.2) is 0 Å². The lowest BCUT2D eigenvalue weighted by molar-refractivity contribution is -0.116. The lowest BCUT2D eigenvalue weighted by Gasteiger charge is -2.31. The van der Waals surface area contributed by atoms with Gasteiger partial charge in [0, 0.05) is 11.7 Å². The molecule has 4 heteroatoms. The van der Waals surface area contributed by atoms with E-state index < -0.39 is 0 Å². The summed E-state index contributed by atoms with van der Waals surface area (Å²) >= 11 is 0. The Bertz CT molecular complexity index is 513. The predicted molar refractivity (Wildman–Crippen MR) is 74.7 cm³/mol. The van der Waals surface area contributed by atoms with Crippen LogP contribution in [-0.2, 0) is 4.79 Å². The Morgan fingerprint density at radius 3 is 2.68 bits per heavy atom. The van der Waals surface area contributed by atoms with E-state index in [9.17, 15) is 4.79 Å². The first-order chi connectivity index (χ1) is 9.11. The maximum atomic E-state index is 11.3. The second-order valence-corrected chi connectivity index (χ2v) is 5.15. The molecule has 2 N–H and O–H groups in total. The van der Waals surface area contributed by atoms with Crippen LogP contribution in [0.25, 0.3) is 0 Å². The van der Waals surface area contributed by atoms with Crippen LogP contribution in [0.1, 0.15) is 36.8 Å². The molecule has 4 nitrogen and oxygen atoms in total. The molecule has 1 amide bonds. The molecule has 0 atom stereocenters. The van der Waals surface area contributed by atoms with Crippen molar-refractivity contribution < 1.29 is 4.79 Å². The molecule has 0 heterocycles. The van der Waals surface area contributed by atoms with E-state index in [4.69, 9.17) is 11.0 Å². The van der Waals surface area contributed by atoms with Gasteiger partial charge >= 0.3 is 0 Å². The third-order valence-electron chi connectivity index (χ3n) is 3.73. The zero-order chi connectivity index (χ0) is 13.8. The van der Waals surface area contributed by atoms with Gasteiger partial charge in [0.05, 0.1) is 18.2 Å². The van der Waals surface area contributed by atoms with Crippen molar-refractivity contribution in [3.8, 4) is 6.07 Å². The standard InChI is InChI=1S/C15H19N3O/c1-11-8-12(9-16)6-7-14(11)18(10-15(17)19)13-4-2-3-5-13/h6-8,13H,2-5,10H2,1H3,(H2,17,19). The second-order valence-electron chi connectivity index (χ2n) is 5.15. The van der Waals surface area contributed by atoms with Crippen LogP contribution in [0.3, 0.4) is 0 Å². The first kappa shape index (κ1) is 13.4. The van der Waals surface area contributed by atoms with E-state index in [-0.39, 0.29) is 12.5 Å². The molecular weight excluding hydrogens is 238 g/mol. The number of aryl methyl sites for hydroxylation is 1. The summed E-state index contributed by atoms with van der Waals surface area (Å²) in [6, 6.07) is 8.10. The third kappa shape index (κ3) is 3.05. The van der Waals surface area contributed by atoms with Crippen LogP contribution in [0.2, 0.25) is 0 Å². The van der Waals surface area contributed by atoms with Crippen molar-refractivity contribution >= 4 is 11.6 Å². The molecule has 1 fully saturated rings. The average molecular weight is 257 g/mol. The lowest BCUT2D eigenvalue weighted by Crippen LogP contribution is -2.40. The SMILES string of the molecule is Cc1cc(C#N)ccc1N(CC(N)=O)C1CCCC1. The molecule has 19 heavy (non-hydrogen) atoms. The average Bonchev–Trinajstić information content (AvgIpc) is 2.89. The second kappa shape index (κ2) is 5.75. The fourth-order valence-corrected chi connectivity index (χ4v) is 2.84. The minimum atomic E-state index is -0.310. The molecular formula is C15H19N3O. The molecule has 1 aromatic carbocycles. The zero-order valence-electron chi connectivity index (χ0n) is 11.2. The molecule has 0 unspecified atom stereocenters. The largest absolute Gasteiger partial charge is 0.368 e. The van der Waals surface area contributed by atoms with Crippen molar-refractivity contribution in [2.75, 3.05) is 11.4 Å². The summed E-state index contributed by atoms with van der Waals surface area (Å²) in [5, 5.41) is 8.91. The number of amides is 1. The fourth-order valence-electron chi connectivity index (χ4n) is 2.84. The maximum absolute atomic E-state index is 11.3. The summed E-state index contributed by atoms with van der Waals surface area (Å²) < 4.78 is 0. The minimum Gasteiger partial charge on any atom is -0.368 e. The highest BCUT2D eigenvalue weighted by Gasteiger charge is 2.25. The van der Waals surface area contributed by atoms with Gasteiger partial charge in [-0.1, -0.05) is 12.8 Å². The smallest absolute Gasteiger partial charge is 0.236 e. The molecule has 2 rings (SSSR count). The first-order valence-corrected chi connectivity index (χ1v) is 6.67. The maximum Gasteiger partial charge on any atom is 0.236 e. The van der Waals surface area contributed by atoms with Gasteiger partial charge in [-0.05, 0) is 43.5 Å². The van der Waals surface area contributed by atoms with Gasteiger partial charge in [0.15, 0.2) is 0 Å². The number of nitrogens with zero attached hydrogens (tertiary/aromatic N) is 2. The third-order valence-corrected chi connectivity index (χ3v) is 3.73. The summed E-state index contributed by atoms with van der Waals surface area (Å²) in [4.78, 5) is 13.4. The molecule has 0 radical (unpaired) electrons. The first-order valence-electron chi connectivity index (χ1n) is 6.67. The van der Waals surface area contributed by atoms with E-state index in [1.54, 1.807) is 6.07 Å². The molecule has 1 aliphatic rings. The Balaban J connectivity index is 2.31. The number of primary amides is 1. The van der Waals surface area contributed by atoms with E-state index in [2.05, 4.69) is 11.0 Å². The molecule has 0 aromatic heterocycles. The minimum absolute atomic E-state index is 0.247. The van der Waals surface area contributed by atoms with Crippen molar-refractivity contribution in [1.29, 1.82) is 5.26 Å². The Morgan fingerprint density at radius 1 is 1.47 bits per heavy atom. The van der Waals surface area contributed by atoms with Gasteiger partial charge in [-0.15, -0.1) is 0 Å². The monoisotopic (exact) mass is 257 g/mol. The van der Waals surface area contributed by atoms with Crippen molar-refractivity contribution in [2.24, 2.45) is 5.73 Å². The van der Waals surface area contributed by atoms with E-state index in [1.807, 2.05) is 19.1 Å². The highest BCUT2D eigenvalue weighted by molar-refractivity contribution is 5.80. The quantitative estimate of drug-likeness (QED) is 0.898. The van der Waals surface area contributed by atoms with Crippen molar-refractivity contribution in [1.82, 2.24) is 0 Å². The molecule has 100 valence electrons. The van der Waals surface area contributed by atoms with Crippen LogP contribution in [0.4, 0.5) is 5.69 Å². The van der Waals surface area contributed by atoms with E-state index in [0.29, 0.717) is 11.6 Å². The molecule has 0 spiro atoms. The van der Waals surface area contributed by atoms with Gasteiger partial charge < -0.3 is 10.6 Å². The number of carbonyl (C=O) groups is 1. The van der Waals surface area contributed by atoms with Gasteiger partial charge in [-0.3, -0.25) is 4.79 Å². The number of carbonyl (C=O) groups excluding carboxylic acids is 1. The number of benzene rings is 1. The molecule has 0 bridgehead atoms. The number of hydrogen-bond acceptors (Lipinski definition) is 3. The number of nitriles is 1. The van der Waals surface area contributed by atoms with E-state index >= 15 is 0 Å². The highest BCUT2D eigenvalue weighted by atomic mass is 16.1. The summed E-state index contributed by atoms with van der Waals surface area (Å²) in [7, 11) is 0. The predicted octanol–water partition coefficient (Wildman–Crippen LogP) is 2.10. The Kier molecular flexibility index (Phi) is 4.06. The molecule has 0 saturated heterocycles. The van der Waals surface area contributed by atoms with Gasteiger partial charge in [0.25, 0.3) is 0 Å². The van der Waals surface area contributed by atoms with Crippen LogP contribution in [0, 0.1) is 18.3 Å². The number of anilines is 1. The van der Waals surface area contributed by atoms with Gasteiger partial charge in [0.2, 0.25) is 5.91 Å². The summed E-state index contributed by atoms with van der Waals surface area (Å²) in [5.74, 6) is -0.310. The number of hydrogen-bond donors (Lipinski definition) is 1. The van der Waals surface area contributed by atoms with Crippen LogP contribution < -0.4 is 10.6 Å². The van der Waals surface area contributed by atoms with Crippen molar-refractivity contribution in [3.05, 3.63) is 29.3 Å². The highest BCUT2D eigenvalue weighted by Crippen LogP contribution is 2.30. The molecule has 1 aliphatic carbocycles. The van der Waals surface area contributed by atoms with Gasteiger partial charge in [0.1, 0.15) is 0 Å². The van der Waals surface area contributed by atoms with Gasteiger partial charge in [-0.2, -0.15) is 5.26 Å². The van der Waals surface area contributed by atoms with Crippen molar-refractivity contribution in [2.45, 2.75) is 38.6 Å². The molecule has 1 saturated carbocycles. The van der Waals surface area contributed by atoms with Crippen LogP contribution >= 0.6 is 0 Å². The Hall–Kier alpha value is -2.02. The number of rotatable bonds is 4. The normalized spacial score (nSPS) is 15.2. The lowest BCUT2D eigenvalue weighted by atomic mass is 10.1. The zero-order valence-corrected chi connectivity index (χ0v) is 11.2. The topological polar surface area (TPSA) is 70.1 Å². The van der Waals surface area contributed by atoms with Crippen LogP contribution in [0.15, 0.2) is 18.2 Å². The van der Waals surface area contributed by atoms with E-state index in [1.165, 1.54) is 12.8 Å². The van der Waals surface area contributed by atoms with Crippen molar-refractivity contribution in [3.63, 3.8) is 0 Å². The van der Waals surface area contributed by atoms with Crippen LogP contribution in [0.5, 0.6) is 0 Å². The summed E-state index contributed by atoms with van der Waals surface area (Å²) in [6.45, 7) is 2.22. The van der Waals surface area contributed by atoms with Crippen LogP contribution in [-0.4, -0.2) is 18.5 Å². The molecule has 0 aliphatic heterocycles. The Morgan fingerprint density at radius 2 is 2.16 bits per heavy atom. The number of nitrogens with two attached hydrogens (primary N) is 1. The molecule has 1 aromatic rings. The van der Waals surface area contributed by atoms with E-state index in [0.717, 1.165) is 24.1 Å².